The molecule has 3 heteroatoms. The summed E-state index contributed by atoms with van der Waals surface area (Å²) in [5, 5.41) is 0. The molecule has 1 rings (SSSR count). The van der Waals surface area contributed by atoms with E-state index in [-0.39, 0.29) is 0 Å². The van der Waals surface area contributed by atoms with Gasteiger partial charge in [0.2, 0.25) is 0 Å². The van der Waals surface area contributed by atoms with Crippen LogP contribution in [0.15, 0.2) is 18.2 Å². The van der Waals surface area contributed by atoms with E-state index in [2.05, 4.69) is 36.7 Å². The lowest BCUT2D eigenvalue weighted by atomic mass is 10.2. The molecule has 90 valence electrons. The first-order valence-corrected chi connectivity index (χ1v) is 6.10. The summed E-state index contributed by atoms with van der Waals surface area (Å²) in [6.07, 6.45) is 1.17. The first kappa shape index (κ1) is 13.1. The third-order valence-electron chi connectivity index (χ3n) is 3.06. The van der Waals surface area contributed by atoms with Crippen LogP contribution in [0.5, 0.6) is 0 Å². The summed E-state index contributed by atoms with van der Waals surface area (Å²) in [4.78, 5) is 6.96. The van der Waals surface area contributed by atoms with E-state index >= 15 is 0 Å². The van der Waals surface area contributed by atoms with Crippen LogP contribution in [0.4, 0.5) is 0 Å². The number of nitrogens with two attached hydrogens (primary N) is 1. The van der Waals surface area contributed by atoms with Gasteiger partial charge in [-0.25, -0.2) is 0 Å². The van der Waals surface area contributed by atoms with Gasteiger partial charge in [0.25, 0.3) is 0 Å². The molecule has 3 nitrogen and oxygen atoms in total. The van der Waals surface area contributed by atoms with Gasteiger partial charge in [-0.05, 0) is 32.0 Å². The van der Waals surface area contributed by atoms with Gasteiger partial charge in [0.05, 0.1) is 11.4 Å². The van der Waals surface area contributed by atoms with E-state index in [9.17, 15) is 0 Å². The molecule has 2 N–H and O–H groups in total. The number of hydrogen-bond acceptors (Lipinski definition) is 3. The average Bonchev–Trinajstić information content (AvgIpc) is 2.35. The summed E-state index contributed by atoms with van der Waals surface area (Å²) in [6.45, 7) is 9.17. The maximum absolute atomic E-state index is 5.59. The standard InChI is InChI=1S/C13H23N3/c1-4-11(3)16(5-2)10-13-8-6-7-12(9-14)15-13/h6-8,11H,4-5,9-10,14H2,1-3H3. The highest BCUT2D eigenvalue weighted by molar-refractivity contribution is 5.11. The van der Waals surface area contributed by atoms with E-state index in [0.717, 1.165) is 24.5 Å². The van der Waals surface area contributed by atoms with Crippen LogP contribution in [0.25, 0.3) is 0 Å². The van der Waals surface area contributed by atoms with Gasteiger partial charge in [0.15, 0.2) is 0 Å². The van der Waals surface area contributed by atoms with Crippen molar-refractivity contribution in [2.24, 2.45) is 5.73 Å². The van der Waals surface area contributed by atoms with Crippen molar-refractivity contribution in [1.82, 2.24) is 9.88 Å². The fourth-order valence-corrected chi connectivity index (χ4v) is 1.78. The predicted molar refractivity (Wildman–Crippen MR) is 68.0 cm³/mol. The lowest BCUT2D eigenvalue weighted by molar-refractivity contribution is 0.203. The van der Waals surface area contributed by atoms with E-state index in [1.807, 2.05) is 12.1 Å². The highest BCUT2D eigenvalue weighted by Gasteiger charge is 2.10. The molecular formula is C13H23N3. The summed E-state index contributed by atoms with van der Waals surface area (Å²) in [5.41, 5.74) is 7.68. The van der Waals surface area contributed by atoms with E-state index in [1.165, 1.54) is 6.42 Å². The van der Waals surface area contributed by atoms with Gasteiger partial charge in [0.1, 0.15) is 0 Å². The molecule has 0 aromatic carbocycles. The Labute approximate surface area is 98.7 Å². The molecule has 0 saturated heterocycles. The molecule has 1 heterocycles. The molecule has 1 atom stereocenters. The Kier molecular flexibility index (Phi) is 5.43. The molecule has 0 aliphatic carbocycles. The molecule has 16 heavy (non-hydrogen) atoms. The summed E-state index contributed by atoms with van der Waals surface area (Å²) >= 11 is 0. The van der Waals surface area contributed by atoms with Crippen LogP contribution in [0, 0.1) is 0 Å². The Balaban J connectivity index is 2.69. The zero-order valence-electron chi connectivity index (χ0n) is 10.6. The molecule has 1 aromatic heterocycles. The molecule has 1 aromatic rings. The minimum absolute atomic E-state index is 0.517. The monoisotopic (exact) mass is 221 g/mol. The zero-order chi connectivity index (χ0) is 12.0. The second-order valence-electron chi connectivity index (χ2n) is 4.14. The number of hydrogen-bond donors (Lipinski definition) is 1. The Morgan fingerprint density at radius 1 is 1.31 bits per heavy atom. The van der Waals surface area contributed by atoms with Crippen LogP contribution in [-0.2, 0) is 13.1 Å². The molecule has 0 aliphatic rings. The van der Waals surface area contributed by atoms with Crippen molar-refractivity contribution in [3.8, 4) is 0 Å². The van der Waals surface area contributed by atoms with E-state index in [1.54, 1.807) is 0 Å². The molecule has 0 aliphatic heterocycles. The minimum atomic E-state index is 0.517. The largest absolute Gasteiger partial charge is 0.325 e. The highest BCUT2D eigenvalue weighted by atomic mass is 15.1. The van der Waals surface area contributed by atoms with Crippen molar-refractivity contribution < 1.29 is 0 Å². The van der Waals surface area contributed by atoms with Gasteiger partial charge >= 0.3 is 0 Å². The Bertz CT molecular complexity index is 312. The number of rotatable bonds is 6. The normalized spacial score (nSPS) is 13.1. The van der Waals surface area contributed by atoms with E-state index < -0.39 is 0 Å². The number of nitrogens with zero attached hydrogens (tertiary/aromatic N) is 2. The van der Waals surface area contributed by atoms with E-state index in [4.69, 9.17) is 5.73 Å². The molecule has 1 unspecified atom stereocenters. The molecule has 0 radical (unpaired) electrons. The maximum Gasteiger partial charge on any atom is 0.0547 e. The van der Waals surface area contributed by atoms with Crippen LogP contribution < -0.4 is 5.73 Å². The smallest absolute Gasteiger partial charge is 0.0547 e. The van der Waals surface area contributed by atoms with Gasteiger partial charge in [-0.15, -0.1) is 0 Å². The Morgan fingerprint density at radius 2 is 2.00 bits per heavy atom. The molecular weight excluding hydrogens is 198 g/mol. The van der Waals surface area contributed by atoms with Crippen molar-refractivity contribution >= 4 is 0 Å². The lowest BCUT2D eigenvalue weighted by Gasteiger charge is -2.26. The second kappa shape index (κ2) is 6.61. The predicted octanol–water partition coefficient (Wildman–Crippen LogP) is 2.16. The number of pyridine rings is 1. The van der Waals surface area contributed by atoms with Crippen LogP contribution in [0.1, 0.15) is 38.6 Å². The van der Waals surface area contributed by atoms with Crippen molar-refractivity contribution in [3.63, 3.8) is 0 Å². The van der Waals surface area contributed by atoms with Gasteiger partial charge in [0, 0.05) is 19.1 Å². The Hall–Kier alpha value is -0.930. The third-order valence-corrected chi connectivity index (χ3v) is 3.06. The highest BCUT2D eigenvalue weighted by Crippen LogP contribution is 2.09. The summed E-state index contributed by atoms with van der Waals surface area (Å²) in [7, 11) is 0. The summed E-state index contributed by atoms with van der Waals surface area (Å²) < 4.78 is 0. The fourth-order valence-electron chi connectivity index (χ4n) is 1.78. The van der Waals surface area contributed by atoms with Gasteiger partial charge in [-0.1, -0.05) is 19.9 Å². The lowest BCUT2D eigenvalue weighted by Crippen LogP contribution is -2.32. The number of aromatic nitrogens is 1. The van der Waals surface area contributed by atoms with Crippen LogP contribution in [0.3, 0.4) is 0 Å². The third kappa shape index (κ3) is 3.58. The minimum Gasteiger partial charge on any atom is -0.325 e. The van der Waals surface area contributed by atoms with Crippen molar-refractivity contribution in [2.45, 2.75) is 46.3 Å². The zero-order valence-corrected chi connectivity index (χ0v) is 10.6. The maximum atomic E-state index is 5.59. The Morgan fingerprint density at radius 3 is 2.56 bits per heavy atom. The molecule has 0 amide bonds. The quantitative estimate of drug-likeness (QED) is 0.800. The first-order valence-electron chi connectivity index (χ1n) is 6.10. The van der Waals surface area contributed by atoms with Crippen molar-refractivity contribution in [2.75, 3.05) is 6.54 Å². The van der Waals surface area contributed by atoms with Crippen LogP contribution in [0.2, 0.25) is 0 Å². The van der Waals surface area contributed by atoms with Crippen molar-refractivity contribution in [1.29, 1.82) is 0 Å². The van der Waals surface area contributed by atoms with Gasteiger partial charge < -0.3 is 5.73 Å². The van der Waals surface area contributed by atoms with E-state index in [0.29, 0.717) is 12.6 Å². The topological polar surface area (TPSA) is 42.1 Å². The molecule has 0 saturated carbocycles. The SMILES string of the molecule is CCC(C)N(CC)Cc1cccc(CN)n1. The van der Waals surface area contributed by atoms with Crippen LogP contribution >= 0.6 is 0 Å². The summed E-state index contributed by atoms with van der Waals surface area (Å²) in [5.74, 6) is 0. The summed E-state index contributed by atoms with van der Waals surface area (Å²) in [6, 6.07) is 6.69. The average molecular weight is 221 g/mol. The second-order valence-corrected chi connectivity index (χ2v) is 4.14. The molecule has 0 bridgehead atoms. The van der Waals surface area contributed by atoms with Crippen LogP contribution in [-0.4, -0.2) is 22.5 Å². The fraction of sp³-hybridized carbons (Fsp3) is 0.615. The van der Waals surface area contributed by atoms with Crippen molar-refractivity contribution in [3.05, 3.63) is 29.6 Å². The van der Waals surface area contributed by atoms with Gasteiger partial charge in [-0.3, -0.25) is 9.88 Å². The first-order chi connectivity index (χ1) is 7.71. The molecule has 0 spiro atoms. The molecule has 0 fully saturated rings. The van der Waals surface area contributed by atoms with Gasteiger partial charge in [-0.2, -0.15) is 0 Å².